The van der Waals surface area contributed by atoms with Gasteiger partial charge in [-0.05, 0) is 0 Å². The van der Waals surface area contributed by atoms with Gasteiger partial charge in [-0.1, -0.05) is 30.3 Å². The second kappa shape index (κ2) is 5.07. The van der Waals surface area contributed by atoms with Gasteiger partial charge in [0.25, 0.3) is 0 Å². The van der Waals surface area contributed by atoms with Crippen LogP contribution in [0.4, 0.5) is 0 Å². The van der Waals surface area contributed by atoms with Gasteiger partial charge in [0.1, 0.15) is 21.3 Å². The molecule has 4 nitrogen and oxygen atoms in total. The highest BCUT2D eigenvalue weighted by Crippen LogP contribution is 2.14. The Morgan fingerprint density at radius 1 is 0.929 bits per heavy atom. The van der Waals surface area contributed by atoms with E-state index in [4.69, 9.17) is 14.5 Å². The van der Waals surface area contributed by atoms with Crippen LogP contribution >= 0.6 is 0 Å². The summed E-state index contributed by atoms with van der Waals surface area (Å²) in [6.07, 6.45) is 0. The Morgan fingerprint density at radius 2 is 1.43 bits per heavy atom. The van der Waals surface area contributed by atoms with Gasteiger partial charge in [-0.25, -0.2) is 0 Å². The van der Waals surface area contributed by atoms with Crippen molar-refractivity contribution >= 4 is 0 Å². The molecule has 0 fully saturated rings. The average Bonchev–Trinajstić information content (AvgIpc) is 2.28. The van der Waals surface area contributed by atoms with Crippen molar-refractivity contribution in [1.29, 1.82) is 0 Å². The highest BCUT2D eigenvalue weighted by molar-refractivity contribution is 5.13. The maximum Gasteiger partial charge on any atom is 0.203 e. The molecule has 78 valence electrons. The van der Waals surface area contributed by atoms with Gasteiger partial charge in [-0.3, -0.25) is 0 Å². The predicted octanol–water partition coefficient (Wildman–Crippen LogP) is 1.69. The molecular formula is C10H16NO3+. The summed E-state index contributed by atoms with van der Waals surface area (Å²) in [5.41, 5.74) is 1.08. The Labute approximate surface area is 84.1 Å². The molecule has 0 aliphatic carbocycles. The molecule has 1 aromatic carbocycles. The summed E-state index contributed by atoms with van der Waals surface area (Å²) >= 11 is 0. The SMILES string of the molecule is CO[N+](Cc1ccccc1)(OC)OC. The number of hydrogen-bond donors (Lipinski definition) is 0. The summed E-state index contributed by atoms with van der Waals surface area (Å²) < 4.78 is 0. The minimum absolute atomic E-state index is 0.302. The van der Waals surface area contributed by atoms with E-state index in [9.17, 15) is 0 Å². The van der Waals surface area contributed by atoms with Crippen molar-refractivity contribution in [2.24, 2.45) is 0 Å². The monoisotopic (exact) mass is 198 g/mol. The lowest BCUT2D eigenvalue weighted by Gasteiger charge is -2.24. The first-order chi connectivity index (χ1) is 6.76. The van der Waals surface area contributed by atoms with E-state index in [-0.39, 0.29) is 4.97 Å². The molecule has 0 saturated carbocycles. The molecule has 0 saturated heterocycles. The van der Waals surface area contributed by atoms with Crippen molar-refractivity contribution in [2.75, 3.05) is 21.3 Å². The molecule has 0 amide bonds. The van der Waals surface area contributed by atoms with Crippen LogP contribution in [0.3, 0.4) is 0 Å². The van der Waals surface area contributed by atoms with Gasteiger partial charge in [-0.15, -0.1) is 14.5 Å². The minimum Gasteiger partial charge on any atom is -0.135 e. The number of rotatable bonds is 5. The maximum absolute atomic E-state index is 5.13. The number of hydroxylamine groups is 3. The van der Waals surface area contributed by atoms with E-state index in [0.717, 1.165) is 5.56 Å². The number of nitrogens with zero attached hydrogens (tertiary/aromatic N) is 1. The smallest absolute Gasteiger partial charge is 0.135 e. The van der Waals surface area contributed by atoms with Gasteiger partial charge in [0.15, 0.2) is 0 Å². The lowest BCUT2D eigenvalue weighted by Crippen LogP contribution is -2.43. The Balaban J connectivity index is 2.74. The molecule has 1 aromatic rings. The molecule has 0 heterocycles. The molecule has 0 aromatic heterocycles. The molecule has 0 aliphatic heterocycles. The molecule has 0 radical (unpaired) electrons. The summed E-state index contributed by atoms with van der Waals surface area (Å²) in [7, 11) is 4.61. The zero-order valence-electron chi connectivity index (χ0n) is 8.77. The van der Waals surface area contributed by atoms with Gasteiger partial charge in [-0.2, -0.15) is 0 Å². The molecule has 0 bridgehead atoms. The van der Waals surface area contributed by atoms with Crippen LogP contribution < -0.4 is 0 Å². The van der Waals surface area contributed by atoms with Crippen LogP contribution in [0.1, 0.15) is 5.56 Å². The number of quaternary nitrogens is 1. The van der Waals surface area contributed by atoms with Crippen LogP contribution in [0.5, 0.6) is 0 Å². The van der Waals surface area contributed by atoms with Crippen LogP contribution in [-0.2, 0) is 21.1 Å². The molecule has 4 heteroatoms. The lowest BCUT2D eigenvalue weighted by molar-refractivity contribution is -1.37. The molecule has 1 rings (SSSR count). The third-order valence-corrected chi connectivity index (χ3v) is 2.05. The van der Waals surface area contributed by atoms with Crippen LogP contribution in [0.15, 0.2) is 30.3 Å². The first-order valence-corrected chi connectivity index (χ1v) is 4.35. The van der Waals surface area contributed by atoms with E-state index in [1.807, 2.05) is 30.3 Å². The van der Waals surface area contributed by atoms with Gasteiger partial charge in [0.05, 0.1) is 4.97 Å². The standard InChI is InChI=1S/C10H16NO3/c1-12-11(13-2,14-3)9-10-7-5-4-6-8-10/h4-8H,9H2,1-3H3/q+1. The van der Waals surface area contributed by atoms with Crippen LogP contribution in [0.25, 0.3) is 0 Å². The van der Waals surface area contributed by atoms with E-state index in [0.29, 0.717) is 6.54 Å². The zero-order valence-corrected chi connectivity index (χ0v) is 8.77. The third-order valence-electron chi connectivity index (χ3n) is 2.05. The summed E-state index contributed by atoms with van der Waals surface area (Å²) in [6.45, 7) is 0.504. The highest BCUT2D eigenvalue weighted by atomic mass is 17.2. The Bertz CT molecular complexity index is 251. The predicted molar refractivity (Wildman–Crippen MR) is 51.4 cm³/mol. The Hall–Kier alpha value is -0.940. The second-order valence-corrected chi connectivity index (χ2v) is 2.80. The molecule has 0 spiro atoms. The second-order valence-electron chi connectivity index (χ2n) is 2.80. The first kappa shape index (κ1) is 11.1. The van der Waals surface area contributed by atoms with Crippen molar-refractivity contribution in [2.45, 2.75) is 6.54 Å². The molecule has 0 N–H and O–H groups in total. The summed E-state index contributed by atoms with van der Waals surface area (Å²) in [5.74, 6) is 0. The Morgan fingerprint density at radius 3 is 1.86 bits per heavy atom. The molecule has 14 heavy (non-hydrogen) atoms. The fourth-order valence-corrected chi connectivity index (χ4v) is 1.22. The van der Waals surface area contributed by atoms with Crippen molar-refractivity contribution in [3.05, 3.63) is 35.9 Å². The summed E-state index contributed by atoms with van der Waals surface area (Å²) in [4.78, 5) is 15.1. The van der Waals surface area contributed by atoms with Gasteiger partial charge in [0.2, 0.25) is 6.54 Å². The maximum atomic E-state index is 5.13. The summed E-state index contributed by atoms with van der Waals surface area (Å²) in [5, 5.41) is 0. The molecule has 0 atom stereocenters. The Kier molecular flexibility index (Phi) is 4.03. The topological polar surface area (TPSA) is 27.7 Å². The van der Waals surface area contributed by atoms with E-state index >= 15 is 0 Å². The fraction of sp³-hybridized carbons (Fsp3) is 0.400. The molecule has 0 aliphatic rings. The normalized spacial score (nSPS) is 11.6. The van der Waals surface area contributed by atoms with Gasteiger partial charge in [0, 0.05) is 5.56 Å². The zero-order chi connectivity index (χ0) is 10.4. The van der Waals surface area contributed by atoms with E-state index in [1.54, 1.807) is 0 Å². The van der Waals surface area contributed by atoms with Crippen molar-refractivity contribution in [3.63, 3.8) is 0 Å². The van der Waals surface area contributed by atoms with Crippen LogP contribution in [-0.4, -0.2) is 26.3 Å². The highest BCUT2D eigenvalue weighted by Gasteiger charge is 2.30. The van der Waals surface area contributed by atoms with E-state index in [1.165, 1.54) is 21.3 Å². The quantitative estimate of drug-likeness (QED) is 0.532. The largest absolute Gasteiger partial charge is 0.203 e. The minimum atomic E-state index is -0.302. The third kappa shape index (κ3) is 2.52. The van der Waals surface area contributed by atoms with Crippen LogP contribution in [0, 0.1) is 0 Å². The van der Waals surface area contributed by atoms with Gasteiger partial charge >= 0.3 is 0 Å². The molecule has 0 unspecified atom stereocenters. The average molecular weight is 198 g/mol. The lowest BCUT2D eigenvalue weighted by atomic mass is 10.2. The van der Waals surface area contributed by atoms with Crippen molar-refractivity contribution in [1.82, 2.24) is 0 Å². The first-order valence-electron chi connectivity index (χ1n) is 4.35. The van der Waals surface area contributed by atoms with Crippen molar-refractivity contribution in [3.8, 4) is 0 Å². The van der Waals surface area contributed by atoms with E-state index in [2.05, 4.69) is 0 Å². The number of benzene rings is 1. The fourth-order valence-electron chi connectivity index (χ4n) is 1.22. The van der Waals surface area contributed by atoms with Gasteiger partial charge < -0.3 is 0 Å². The van der Waals surface area contributed by atoms with E-state index < -0.39 is 0 Å². The van der Waals surface area contributed by atoms with Crippen LogP contribution in [0.2, 0.25) is 0 Å². The number of hydrogen-bond acceptors (Lipinski definition) is 3. The van der Waals surface area contributed by atoms with Crippen molar-refractivity contribution < 1.29 is 19.5 Å². The summed E-state index contributed by atoms with van der Waals surface area (Å²) in [6, 6.07) is 9.87. The molecular weight excluding hydrogens is 182 g/mol.